The average Bonchev–Trinajstić information content (AvgIpc) is 2.17. The van der Waals surface area contributed by atoms with Crippen LogP contribution < -0.4 is 5.73 Å². The van der Waals surface area contributed by atoms with E-state index in [-0.39, 0.29) is 0 Å². The van der Waals surface area contributed by atoms with Gasteiger partial charge in [0.25, 0.3) is 0 Å². The second-order valence-corrected chi connectivity index (χ2v) is 4.28. The third-order valence-electron chi connectivity index (χ3n) is 2.24. The number of anilines is 1. The molecule has 1 aromatic heterocycles. The van der Waals surface area contributed by atoms with Gasteiger partial charge in [-0.05, 0) is 34.5 Å². The van der Waals surface area contributed by atoms with Crippen LogP contribution in [0.4, 0.5) is 5.82 Å². The topological polar surface area (TPSA) is 38.9 Å². The maximum Gasteiger partial charge on any atom is 0.132 e. The molecule has 0 saturated carbocycles. The zero-order chi connectivity index (χ0) is 10.8. The van der Waals surface area contributed by atoms with Crippen molar-refractivity contribution >= 4 is 21.7 Å². The summed E-state index contributed by atoms with van der Waals surface area (Å²) in [6.07, 6.45) is 1.69. The van der Waals surface area contributed by atoms with Gasteiger partial charge in [0.1, 0.15) is 5.82 Å². The maximum absolute atomic E-state index is 5.86. The number of hydrogen-bond acceptors (Lipinski definition) is 2. The van der Waals surface area contributed by atoms with Crippen LogP contribution in [0.25, 0.3) is 11.1 Å². The Kier molecular flexibility index (Phi) is 2.73. The van der Waals surface area contributed by atoms with Crippen molar-refractivity contribution in [1.29, 1.82) is 0 Å². The fraction of sp³-hybridized carbons (Fsp3) is 0.0833. The van der Waals surface area contributed by atoms with Gasteiger partial charge in [-0.2, -0.15) is 0 Å². The first-order chi connectivity index (χ1) is 7.18. The van der Waals surface area contributed by atoms with Gasteiger partial charge < -0.3 is 5.73 Å². The van der Waals surface area contributed by atoms with E-state index in [1.807, 2.05) is 18.2 Å². The molecular weight excluding hydrogens is 252 g/mol. The molecule has 0 spiro atoms. The highest BCUT2D eigenvalue weighted by atomic mass is 79.9. The molecule has 1 aromatic carbocycles. The van der Waals surface area contributed by atoms with Crippen molar-refractivity contribution in [3.05, 3.63) is 46.6 Å². The second-order valence-electron chi connectivity index (χ2n) is 3.42. The standard InChI is InChI=1S/C12H11BrN2/c1-8-3-2-4-9(7-8)11-10(13)5-6-15-12(11)14/h2-7H,1H3,(H2,14,15). The Labute approximate surface area is 97.3 Å². The molecule has 0 bridgehead atoms. The van der Waals surface area contributed by atoms with Crippen molar-refractivity contribution in [2.75, 3.05) is 5.73 Å². The Hall–Kier alpha value is -1.35. The van der Waals surface area contributed by atoms with Gasteiger partial charge in [0.05, 0.1) is 0 Å². The number of benzene rings is 1. The van der Waals surface area contributed by atoms with Gasteiger partial charge in [0, 0.05) is 16.2 Å². The van der Waals surface area contributed by atoms with E-state index in [1.165, 1.54) is 5.56 Å². The molecule has 0 amide bonds. The lowest BCUT2D eigenvalue weighted by molar-refractivity contribution is 1.32. The third kappa shape index (κ3) is 2.02. The summed E-state index contributed by atoms with van der Waals surface area (Å²) in [5.41, 5.74) is 9.12. The largest absolute Gasteiger partial charge is 0.383 e. The van der Waals surface area contributed by atoms with E-state index in [0.29, 0.717) is 5.82 Å². The number of rotatable bonds is 1. The summed E-state index contributed by atoms with van der Waals surface area (Å²) < 4.78 is 0.973. The fourth-order valence-corrected chi connectivity index (χ4v) is 2.09. The first kappa shape index (κ1) is 10.2. The molecule has 2 N–H and O–H groups in total. The van der Waals surface area contributed by atoms with Crippen LogP contribution in [0.15, 0.2) is 41.0 Å². The highest BCUT2D eigenvalue weighted by Crippen LogP contribution is 2.32. The van der Waals surface area contributed by atoms with Crippen LogP contribution in [-0.2, 0) is 0 Å². The SMILES string of the molecule is Cc1cccc(-c2c(Br)ccnc2N)c1. The van der Waals surface area contributed by atoms with Gasteiger partial charge >= 0.3 is 0 Å². The molecule has 76 valence electrons. The quantitative estimate of drug-likeness (QED) is 0.856. The van der Waals surface area contributed by atoms with Crippen LogP contribution in [0.5, 0.6) is 0 Å². The van der Waals surface area contributed by atoms with E-state index in [0.717, 1.165) is 15.6 Å². The van der Waals surface area contributed by atoms with Crippen LogP contribution in [0.2, 0.25) is 0 Å². The minimum Gasteiger partial charge on any atom is -0.383 e. The van der Waals surface area contributed by atoms with E-state index in [2.05, 4.69) is 40.0 Å². The molecule has 1 heterocycles. The van der Waals surface area contributed by atoms with Gasteiger partial charge in [-0.3, -0.25) is 0 Å². The van der Waals surface area contributed by atoms with Gasteiger partial charge in [0.15, 0.2) is 0 Å². The van der Waals surface area contributed by atoms with Crippen molar-refractivity contribution in [1.82, 2.24) is 4.98 Å². The Morgan fingerprint density at radius 3 is 2.73 bits per heavy atom. The number of nitrogen functional groups attached to an aromatic ring is 1. The highest BCUT2D eigenvalue weighted by molar-refractivity contribution is 9.10. The van der Waals surface area contributed by atoms with Gasteiger partial charge in [0.2, 0.25) is 0 Å². The van der Waals surface area contributed by atoms with E-state index in [9.17, 15) is 0 Å². The lowest BCUT2D eigenvalue weighted by Crippen LogP contribution is -1.94. The number of aromatic nitrogens is 1. The zero-order valence-electron chi connectivity index (χ0n) is 8.37. The van der Waals surface area contributed by atoms with Crippen LogP contribution in [0.1, 0.15) is 5.56 Å². The lowest BCUT2D eigenvalue weighted by atomic mass is 10.0. The van der Waals surface area contributed by atoms with Crippen molar-refractivity contribution in [2.45, 2.75) is 6.92 Å². The number of nitrogens with two attached hydrogens (primary N) is 1. The molecule has 0 aliphatic rings. The molecule has 2 nitrogen and oxygen atoms in total. The number of halogens is 1. The number of pyridine rings is 1. The lowest BCUT2D eigenvalue weighted by Gasteiger charge is -2.07. The van der Waals surface area contributed by atoms with Gasteiger partial charge in [-0.25, -0.2) is 4.98 Å². The summed E-state index contributed by atoms with van der Waals surface area (Å²) >= 11 is 3.49. The van der Waals surface area contributed by atoms with E-state index in [4.69, 9.17) is 5.73 Å². The molecule has 15 heavy (non-hydrogen) atoms. The van der Waals surface area contributed by atoms with Crippen molar-refractivity contribution in [3.8, 4) is 11.1 Å². The summed E-state index contributed by atoms with van der Waals surface area (Å²) in [5, 5.41) is 0. The summed E-state index contributed by atoms with van der Waals surface area (Å²) in [6, 6.07) is 10.1. The van der Waals surface area contributed by atoms with Crippen LogP contribution in [0.3, 0.4) is 0 Å². The number of hydrogen-bond donors (Lipinski definition) is 1. The summed E-state index contributed by atoms with van der Waals surface area (Å²) in [4.78, 5) is 4.09. The smallest absolute Gasteiger partial charge is 0.132 e. The minimum atomic E-state index is 0.551. The molecule has 0 aliphatic heterocycles. The van der Waals surface area contributed by atoms with Gasteiger partial charge in [-0.15, -0.1) is 0 Å². The Morgan fingerprint density at radius 1 is 1.27 bits per heavy atom. The van der Waals surface area contributed by atoms with E-state index < -0.39 is 0 Å². The highest BCUT2D eigenvalue weighted by Gasteiger charge is 2.07. The molecule has 0 atom stereocenters. The normalized spacial score (nSPS) is 10.3. The second kappa shape index (κ2) is 4.03. The first-order valence-corrected chi connectivity index (χ1v) is 5.45. The van der Waals surface area contributed by atoms with E-state index in [1.54, 1.807) is 6.20 Å². The third-order valence-corrected chi connectivity index (χ3v) is 2.90. The number of nitrogens with zero attached hydrogens (tertiary/aromatic N) is 1. The number of aryl methyl sites for hydroxylation is 1. The van der Waals surface area contributed by atoms with Crippen LogP contribution in [-0.4, -0.2) is 4.98 Å². The molecular formula is C12H11BrN2. The fourth-order valence-electron chi connectivity index (χ4n) is 1.54. The first-order valence-electron chi connectivity index (χ1n) is 4.65. The van der Waals surface area contributed by atoms with Crippen LogP contribution >= 0.6 is 15.9 Å². The molecule has 2 aromatic rings. The van der Waals surface area contributed by atoms with Crippen molar-refractivity contribution < 1.29 is 0 Å². The molecule has 2 rings (SSSR count). The molecule has 3 heteroatoms. The molecule has 0 aliphatic carbocycles. The molecule has 0 unspecified atom stereocenters. The van der Waals surface area contributed by atoms with E-state index >= 15 is 0 Å². The molecule has 0 saturated heterocycles. The maximum atomic E-state index is 5.86. The average molecular weight is 263 g/mol. The summed E-state index contributed by atoms with van der Waals surface area (Å²) in [6.45, 7) is 2.06. The monoisotopic (exact) mass is 262 g/mol. The summed E-state index contributed by atoms with van der Waals surface area (Å²) in [7, 11) is 0. The summed E-state index contributed by atoms with van der Waals surface area (Å²) in [5.74, 6) is 0.551. The Bertz CT molecular complexity index is 474. The van der Waals surface area contributed by atoms with Crippen molar-refractivity contribution in [2.24, 2.45) is 0 Å². The Morgan fingerprint density at radius 2 is 2.07 bits per heavy atom. The zero-order valence-corrected chi connectivity index (χ0v) is 9.95. The predicted octanol–water partition coefficient (Wildman–Crippen LogP) is 3.40. The van der Waals surface area contributed by atoms with Crippen molar-refractivity contribution in [3.63, 3.8) is 0 Å². The minimum absolute atomic E-state index is 0.551. The molecule has 0 radical (unpaired) electrons. The van der Waals surface area contributed by atoms with Gasteiger partial charge in [-0.1, -0.05) is 29.8 Å². The van der Waals surface area contributed by atoms with Crippen LogP contribution in [0, 0.1) is 6.92 Å². The Balaban J connectivity index is 2.63. The molecule has 0 fully saturated rings. The predicted molar refractivity (Wildman–Crippen MR) is 66.5 cm³/mol.